The van der Waals surface area contributed by atoms with Gasteiger partial charge in [0.1, 0.15) is 0 Å². The van der Waals surface area contributed by atoms with Gasteiger partial charge in [-0.1, -0.05) is 13.3 Å². The third-order valence-electron chi connectivity index (χ3n) is 0.655. The van der Waals surface area contributed by atoms with Gasteiger partial charge in [-0.2, -0.15) is 0 Å². The van der Waals surface area contributed by atoms with Crippen molar-refractivity contribution in [1.82, 2.24) is 0 Å². The summed E-state index contributed by atoms with van der Waals surface area (Å²) in [5.74, 6) is 2.32. The second-order valence-electron chi connectivity index (χ2n) is 1.28. The molecule has 7 heavy (non-hydrogen) atoms. The second kappa shape index (κ2) is 9.57. The third kappa shape index (κ3) is 10.7. The Labute approximate surface area is 61.2 Å². The van der Waals surface area contributed by atoms with Crippen molar-refractivity contribution in [3.8, 4) is 5.92 Å². The van der Waals surface area contributed by atoms with Gasteiger partial charge in [-0.3, -0.25) is 0 Å². The fourth-order valence-electron chi connectivity index (χ4n) is 0.265. The molecule has 0 nitrogen and oxygen atoms in total. The summed E-state index contributed by atoms with van der Waals surface area (Å²) in [5, 5.41) is 0. The van der Waals surface area contributed by atoms with Crippen LogP contribution in [0.2, 0.25) is 0 Å². The van der Waals surface area contributed by atoms with Gasteiger partial charge in [0.2, 0.25) is 0 Å². The molecule has 0 aromatic carbocycles. The summed E-state index contributed by atoms with van der Waals surface area (Å²) in [4.78, 5) is 0. The second-order valence-corrected chi connectivity index (χ2v) is 1.28. The Balaban J connectivity index is 0. The molecule has 0 bridgehead atoms. The van der Waals surface area contributed by atoms with E-state index in [2.05, 4.69) is 12.8 Å². The Bertz CT molecular complexity index is 51.7. The van der Waals surface area contributed by atoms with Crippen molar-refractivity contribution in [3.63, 3.8) is 0 Å². The number of rotatable bonds is 2. The average molecular weight is 189 g/mol. The van der Waals surface area contributed by atoms with Crippen LogP contribution in [0.3, 0.4) is 0 Å². The molecular weight excluding hydrogens is 180 g/mol. The van der Waals surface area contributed by atoms with Gasteiger partial charge >= 0.3 is 22.4 Å². The van der Waals surface area contributed by atoms with E-state index in [0.29, 0.717) is 0 Å². The maximum absolute atomic E-state index is 6.46. The summed E-state index contributed by atoms with van der Waals surface area (Å²) < 4.78 is 0. The molecule has 0 amide bonds. The van der Waals surface area contributed by atoms with E-state index in [9.17, 15) is 0 Å². The molecule has 0 saturated carbocycles. The van der Waals surface area contributed by atoms with Crippen LogP contribution in [0, 0.1) is 12.3 Å². The van der Waals surface area contributed by atoms with Gasteiger partial charge in [0.15, 0.2) is 0 Å². The Morgan fingerprint density at radius 1 is 1.57 bits per heavy atom. The van der Waals surface area contributed by atoms with Crippen molar-refractivity contribution in [1.29, 1.82) is 0 Å². The van der Waals surface area contributed by atoms with E-state index in [1.807, 2.05) is 0 Å². The minimum absolute atomic E-state index is 0. The minimum atomic E-state index is 0. The normalized spacial score (nSPS) is 6.29. The fourth-order valence-corrected chi connectivity index (χ4v) is 0.265. The standard InChI is InChI=1S/C6H9.Ag/c1-3-5-6-4-2;/h3,5-6H2,1H3;/q-1;+1. The SMILES string of the molecule is [Ag+].[C-]#CCCCC. The van der Waals surface area contributed by atoms with Gasteiger partial charge in [-0.25, -0.2) is 0 Å². The molecule has 0 aliphatic rings. The molecule has 0 atom stereocenters. The van der Waals surface area contributed by atoms with Crippen molar-refractivity contribution < 1.29 is 22.4 Å². The quantitative estimate of drug-likeness (QED) is 0.268. The smallest absolute Gasteiger partial charge is 0.694 e. The van der Waals surface area contributed by atoms with E-state index in [1.165, 1.54) is 6.42 Å². The molecule has 0 aromatic heterocycles. The van der Waals surface area contributed by atoms with Crippen molar-refractivity contribution in [2.24, 2.45) is 0 Å². The molecule has 0 saturated heterocycles. The van der Waals surface area contributed by atoms with E-state index in [-0.39, 0.29) is 22.4 Å². The first-order chi connectivity index (χ1) is 2.91. The van der Waals surface area contributed by atoms with Crippen LogP contribution in [0.5, 0.6) is 0 Å². The number of unbranched alkanes of at least 4 members (excludes halogenated alkanes) is 2. The van der Waals surface area contributed by atoms with E-state index in [1.54, 1.807) is 0 Å². The van der Waals surface area contributed by atoms with Crippen molar-refractivity contribution in [3.05, 3.63) is 6.42 Å². The summed E-state index contributed by atoms with van der Waals surface area (Å²) in [6.07, 6.45) is 9.57. The monoisotopic (exact) mass is 188 g/mol. The summed E-state index contributed by atoms with van der Waals surface area (Å²) in [7, 11) is 0. The molecule has 0 unspecified atom stereocenters. The van der Waals surface area contributed by atoms with Crippen LogP contribution in [0.15, 0.2) is 0 Å². The Morgan fingerprint density at radius 2 is 2.14 bits per heavy atom. The van der Waals surface area contributed by atoms with Crippen LogP contribution in [-0.4, -0.2) is 0 Å². The van der Waals surface area contributed by atoms with Gasteiger partial charge in [0.25, 0.3) is 0 Å². The van der Waals surface area contributed by atoms with Crippen LogP contribution >= 0.6 is 0 Å². The predicted molar refractivity (Wildman–Crippen MR) is 26.7 cm³/mol. The molecule has 0 N–H and O–H groups in total. The van der Waals surface area contributed by atoms with Crippen LogP contribution in [0.4, 0.5) is 0 Å². The van der Waals surface area contributed by atoms with Crippen LogP contribution in [0.1, 0.15) is 26.2 Å². The molecule has 0 spiro atoms. The van der Waals surface area contributed by atoms with Gasteiger partial charge < -0.3 is 12.3 Å². The van der Waals surface area contributed by atoms with E-state index < -0.39 is 0 Å². The summed E-state index contributed by atoms with van der Waals surface area (Å²) in [6, 6.07) is 0. The molecule has 0 aliphatic heterocycles. The first kappa shape index (κ1) is 10.3. The van der Waals surface area contributed by atoms with Crippen LogP contribution in [-0.2, 0) is 22.4 Å². The third-order valence-corrected chi connectivity index (χ3v) is 0.655. The molecule has 0 aliphatic carbocycles. The zero-order chi connectivity index (χ0) is 4.83. The topological polar surface area (TPSA) is 0 Å². The molecule has 0 radical (unpaired) electrons. The minimum Gasteiger partial charge on any atom is -0.694 e. The first-order valence-electron chi connectivity index (χ1n) is 2.31. The number of hydrogen-bond acceptors (Lipinski definition) is 0. The molecule has 44 valence electrons. The van der Waals surface area contributed by atoms with Crippen molar-refractivity contribution in [2.45, 2.75) is 26.2 Å². The van der Waals surface area contributed by atoms with E-state index in [4.69, 9.17) is 6.42 Å². The van der Waals surface area contributed by atoms with E-state index >= 15 is 0 Å². The molecule has 0 heterocycles. The molecular formula is C6H9Ag. The zero-order valence-corrected chi connectivity index (χ0v) is 5.91. The zero-order valence-electron chi connectivity index (χ0n) is 4.42. The van der Waals surface area contributed by atoms with Crippen molar-refractivity contribution >= 4 is 0 Å². The molecule has 0 aromatic rings. The Morgan fingerprint density at radius 3 is 2.29 bits per heavy atom. The van der Waals surface area contributed by atoms with Gasteiger partial charge in [-0.05, 0) is 12.8 Å². The molecule has 0 rings (SSSR count). The maximum Gasteiger partial charge on any atom is 1.00 e. The van der Waals surface area contributed by atoms with Gasteiger partial charge in [0, 0.05) is 0 Å². The summed E-state index contributed by atoms with van der Waals surface area (Å²) in [5.41, 5.74) is 0. The Kier molecular flexibility index (Phi) is 14.1. The molecule has 0 fully saturated rings. The van der Waals surface area contributed by atoms with Crippen molar-refractivity contribution in [2.75, 3.05) is 0 Å². The average Bonchev–Trinajstić information content (AvgIpc) is 1.61. The first-order valence-corrected chi connectivity index (χ1v) is 2.31. The maximum atomic E-state index is 6.46. The summed E-state index contributed by atoms with van der Waals surface area (Å²) >= 11 is 0. The Hall–Kier alpha value is 0.300. The van der Waals surface area contributed by atoms with Gasteiger partial charge in [0.05, 0.1) is 0 Å². The molecule has 1 heteroatoms. The summed E-state index contributed by atoms with van der Waals surface area (Å²) in [6.45, 7) is 2.11. The van der Waals surface area contributed by atoms with Gasteiger partial charge in [-0.15, -0.1) is 0 Å². The largest absolute Gasteiger partial charge is 1.00 e. The van der Waals surface area contributed by atoms with E-state index in [0.717, 1.165) is 12.8 Å². The fraction of sp³-hybridized carbons (Fsp3) is 0.667. The van der Waals surface area contributed by atoms with Crippen LogP contribution < -0.4 is 0 Å². The van der Waals surface area contributed by atoms with Crippen LogP contribution in [0.25, 0.3) is 0 Å². The number of hydrogen-bond donors (Lipinski definition) is 0. The predicted octanol–water partition coefficient (Wildman–Crippen LogP) is 1.76.